The third-order valence-electron chi connectivity index (χ3n) is 4.83. The highest BCUT2D eigenvalue weighted by Gasteiger charge is 2.21. The molecule has 1 N–H and O–H groups in total. The highest BCUT2D eigenvalue weighted by Crippen LogP contribution is 2.29. The molecule has 0 radical (unpaired) electrons. The first-order valence-corrected chi connectivity index (χ1v) is 12.2. The number of thioether (sulfide) groups is 1. The summed E-state index contributed by atoms with van der Waals surface area (Å²) in [5.74, 6) is 0.654. The number of carbonyl (C=O) groups is 2. The van der Waals surface area contributed by atoms with Crippen LogP contribution in [0.3, 0.4) is 0 Å². The van der Waals surface area contributed by atoms with Gasteiger partial charge >= 0.3 is 5.97 Å². The molecule has 0 atom stereocenters. The molecule has 30 heavy (non-hydrogen) atoms. The van der Waals surface area contributed by atoms with E-state index in [0.717, 1.165) is 28.8 Å². The molecular formula is C22H25ClN2O3S2. The number of halogens is 1. The lowest BCUT2D eigenvalue weighted by atomic mass is 10.2. The molecule has 1 aliphatic heterocycles. The zero-order valence-corrected chi connectivity index (χ0v) is 19.0. The first-order valence-electron chi connectivity index (χ1n) is 9.81. The summed E-state index contributed by atoms with van der Waals surface area (Å²) in [7, 11) is 0. The molecule has 0 aromatic heterocycles. The van der Waals surface area contributed by atoms with Gasteiger partial charge in [0.25, 0.3) is 0 Å². The quantitative estimate of drug-likeness (QED) is 0.595. The summed E-state index contributed by atoms with van der Waals surface area (Å²) in [4.78, 5) is 29.4. The Morgan fingerprint density at radius 3 is 2.13 bits per heavy atom. The van der Waals surface area contributed by atoms with Gasteiger partial charge in [-0.1, -0.05) is 35.5 Å². The fourth-order valence-electron chi connectivity index (χ4n) is 3.11. The molecule has 0 unspecified atom stereocenters. The molecule has 1 amide bonds. The Morgan fingerprint density at radius 2 is 1.53 bits per heavy atom. The predicted molar refractivity (Wildman–Crippen MR) is 123 cm³/mol. The maximum absolute atomic E-state index is 12.4. The molecule has 1 aliphatic rings. The van der Waals surface area contributed by atoms with Gasteiger partial charge in [0.15, 0.2) is 0 Å². The molecule has 2 aromatic carbocycles. The normalized spacial score (nSPS) is 14.6. The van der Waals surface area contributed by atoms with Crippen LogP contribution in [0.5, 0.6) is 0 Å². The lowest BCUT2D eigenvalue weighted by Crippen LogP contribution is -2.49. The zero-order chi connectivity index (χ0) is 21.3. The minimum absolute atomic E-state index is 0.154. The van der Waals surface area contributed by atoms with Crippen molar-refractivity contribution in [1.82, 2.24) is 9.80 Å². The first-order chi connectivity index (χ1) is 14.5. The number of benzene rings is 2. The molecule has 0 saturated carbocycles. The van der Waals surface area contributed by atoms with Gasteiger partial charge in [-0.15, -0.1) is 11.8 Å². The van der Waals surface area contributed by atoms with Gasteiger partial charge in [0, 0.05) is 53.3 Å². The standard InChI is InChI=1S/C22H25ClN2O3S2/c23-18-3-7-20(8-4-18)30-19-5-1-17(2-6-19)15-29-16-21(26)25-13-11-24(12-14-25)10-9-22(27)28/h1-8H,9-16H2,(H,27,28). The number of hydrogen-bond donors (Lipinski definition) is 1. The average molecular weight is 465 g/mol. The summed E-state index contributed by atoms with van der Waals surface area (Å²) in [6.45, 7) is 3.40. The second-order valence-electron chi connectivity index (χ2n) is 7.06. The van der Waals surface area contributed by atoms with Gasteiger partial charge in [0.1, 0.15) is 0 Å². The molecule has 0 bridgehead atoms. The van der Waals surface area contributed by atoms with E-state index in [9.17, 15) is 9.59 Å². The summed E-state index contributed by atoms with van der Waals surface area (Å²) in [5, 5.41) is 9.50. The van der Waals surface area contributed by atoms with Crippen molar-refractivity contribution in [3.8, 4) is 0 Å². The van der Waals surface area contributed by atoms with Gasteiger partial charge in [-0.2, -0.15) is 0 Å². The minimum Gasteiger partial charge on any atom is -0.481 e. The van der Waals surface area contributed by atoms with E-state index in [1.54, 1.807) is 23.5 Å². The summed E-state index contributed by atoms with van der Waals surface area (Å²) >= 11 is 9.25. The summed E-state index contributed by atoms with van der Waals surface area (Å²) in [6.07, 6.45) is 0.154. The molecule has 8 heteroatoms. The molecule has 0 aliphatic carbocycles. The van der Waals surface area contributed by atoms with Crippen molar-refractivity contribution >= 4 is 47.0 Å². The van der Waals surface area contributed by atoms with Crippen LogP contribution in [0.2, 0.25) is 5.02 Å². The van der Waals surface area contributed by atoms with Gasteiger partial charge in [0.2, 0.25) is 5.91 Å². The van der Waals surface area contributed by atoms with E-state index in [4.69, 9.17) is 16.7 Å². The van der Waals surface area contributed by atoms with Crippen LogP contribution in [0.4, 0.5) is 0 Å². The molecule has 3 rings (SSSR count). The van der Waals surface area contributed by atoms with Gasteiger partial charge < -0.3 is 10.0 Å². The monoisotopic (exact) mass is 464 g/mol. The van der Waals surface area contributed by atoms with Crippen LogP contribution in [-0.4, -0.2) is 65.3 Å². The number of carboxylic acids is 1. The van der Waals surface area contributed by atoms with Crippen LogP contribution in [-0.2, 0) is 15.3 Å². The van der Waals surface area contributed by atoms with E-state index in [-0.39, 0.29) is 12.3 Å². The Bertz CT molecular complexity index is 838. The van der Waals surface area contributed by atoms with Gasteiger partial charge in [-0.3, -0.25) is 14.5 Å². The van der Waals surface area contributed by atoms with Crippen molar-refractivity contribution in [1.29, 1.82) is 0 Å². The summed E-state index contributed by atoms with van der Waals surface area (Å²) in [6, 6.07) is 16.2. The van der Waals surface area contributed by atoms with Gasteiger partial charge in [0.05, 0.1) is 12.2 Å². The lowest BCUT2D eigenvalue weighted by Gasteiger charge is -2.34. The highest BCUT2D eigenvalue weighted by atomic mass is 35.5. The Balaban J connectivity index is 1.36. The van der Waals surface area contributed by atoms with Crippen LogP contribution in [0, 0.1) is 0 Å². The van der Waals surface area contributed by atoms with Crippen molar-refractivity contribution in [2.75, 3.05) is 38.5 Å². The van der Waals surface area contributed by atoms with Gasteiger partial charge in [-0.05, 0) is 42.0 Å². The van der Waals surface area contributed by atoms with Crippen LogP contribution in [0.15, 0.2) is 58.3 Å². The second kappa shape index (κ2) is 11.6. The summed E-state index contributed by atoms with van der Waals surface area (Å²) < 4.78 is 0. The third-order valence-corrected chi connectivity index (χ3v) is 7.09. The molecule has 1 fully saturated rings. The Kier molecular flexibility index (Phi) is 8.93. The number of carbonyl (C=O) groups excluding carboxylic acids is 1. The number of nitrogens with zero attached hydrogens (tertiary/aromatic N) is 2. The first kappa shape index (κ1) is 23.0. The Labute approximate surface area is 190 Å². The van der Waals surface area contributed by atoms with Crippen LogP contribution in [0.1, 0.15) is 12.0 Å². The number of amides is 1. The number of rotatable bonds is 9. The van der Waals surface area contributed by atoms with E-state index in [0.29, 0.717) is 25.4 Å². The lowest BCUT2D eigenvalue weighted by molar-refractivity contribution is -0.138. The van der Waals surface area contributed by atoms with E-state index in [1.807, 2.05) is 29.2 Å². The second-order valence-corrected chi connectivity index (χ2v) is 9.63. The van der Waals surface area contributed by atoms with Crippen molar-refractivity contribution in [3.63, 3.8) is 0 Å². The molecule has 0 spiro atoms. The zero-order valence-electron chi connectivity index (χ0n) is 16.6. The van der Waals surface area contributed by atoms with Crippen molar-refractivity contribution < 1.29 is 14.7 Å². The largest absolute Gasteiger partial charge is 0.481 e. The van der Waals surface area contributed by atoms with Crippen LogP contribution >= 0.6 is 35.1 Å². The number of carboxylic acid groups (broad SMARTS) is 1. The number of aliphatic carboxylic acids is 1. The third kappa shape index (κ3) is 7.54. The average Bonchev–Trinajstić information content (AvgIpc) is 2.75. The molecule has 1 heterocycles. The van der Waals surface area contributed by atoms with E-state index in [1.165, 1.54) is 10.5 Å². The van der Waals surface area contributed by atoms with E-state index in [2.05, 4.69) is 29.2 Å². The molecular weight excluding hydrogens is 440 g/mol. The maximum Gasteiger partial charge on any atom is 0.304 e. The smallest absolute Gasteiger partial charge is 0.304 e. The molecule has 5 nitrogen and oxygen atoms in total. The maximum atomic E-state index is 12.4. The van der Waals surface area contributed by atoms with E-state index >= 15 is 0 Å². The molecule has 160 valence electrons. The van der Waals surface area contributed by atoms with Crippen LogP contribution in [0.25, 0.3) is 0 Å². The SMILES string of the molecule is O=C(O)CCN1CCN(C(=O)CSCc2ccc(Sc3ccc(Cl)cc3)cc2)CC1. The fourth-order valence-corrected chi connectivity index (χ4v) is 4.94. The Hall–Kier alpha value is -1.67. The predicted octanol–water partition coefficient (Wildman–Crippen LogP) is 4.34. The molecule has 2 aromatic rings. The summed E-state index contributed by atoms with van der Waals surface area (Å²) in [5.41, 5.74) is 1.20. The Morgan fingerprint density at radius 1 is 0.933 bits per heavy atom. The minimum atomic E-state index is -0.776. The topological polar surface area (TPSA) is 60.9 Å². The van der Waals surface area contributed by atoms with Crippen molar-refractivity contribution in [2.24, 2.45) is 0 Å². The van der Waals surface area contributed by atoms with Crippen molar-refractivity contribution in [3.05, 3.63) is 59.1 Å². The highest BCUT2D eigenvalue weighted by molar-refractivity contribution is 7.99. The number of piperazine rings is 1. The number of hydrogen-bond acceptors (Lipinski definition) is 5. The molecule has 1 saturated heterocycles. The van der Waals surface area contributed by atoms with Gasteiger partial charge in [-0.25, -0.2) is 0 Å². The van der Waals surface area contributed by atoms with E-state index < -0.39 is 5.97 Å². The van der Waals surface area contributed by atoms with Crippen molar-refractivity contribution in [2.45, 2.75) is 22.0 Å². The fraction of sp³-hybridized carbons (Fsp3) is 0.364. The van der Waals surface area contributed by atoms with Crippen LogP contribution < -0.4 is 0 Å².